The van der Waals surface area contributed by atoms with Crippen LogP contribution in [0.15, 0.2) is 35.3 Å². The third-order valence-electron chi connectivity index (χ3n) is 2.30. The van der Waals surface area contributed by atoms with Gasteiger partial charge in [0.25, 0.3) is 0 Å². The molecule has 3 nitrogen and oxygen atoms in total. The Kier molecular flexibility index (Phi) is 6.48. The van der Waals surface area contributed by atoms with E-state index in [1.54, 1.807) is 18.2 Å². The molecule has 0 aliphatic carbocycles. The van der Waals surface area contributed by atoms with Crippen LogP contribution in [0.3, 0.4) is 0 Å². The lowest BCUT2D eigenvalue weighted by molar-refractivity contribution is 0.0620. The molecule has 0 aromatic heterocycles. The lowest BCUT2D eigenvalue weighted by Gasteiger charge is -2.17. The van der Waals surface area contributed by atoms with Crippen LogP contribution in [-0.2, 0) is 4.74 Å². The number of benzene rings is 1. The maximum Gasteiger partial charge on any atom is 0.122 e. The first kappa shape index (κ1) is 14.7. The second-order valence-electron chi connectivity index (χ2n) is 3.76. The van der Waals surface area contributed by atoms with Crippen molar-refractivity contribution >= 4 is 15.9 Å². The highest BCUT2D eigenvalue weighted by molar-refractivity contribution is 9.10. The topological polar surface area (TPSA) is 42.2 Å². The summed E-state index contributed by atoms with van der Waals surface area (Å²) in [5, 5.41) is 8.89. The van der Waals surface area contributed by atoms with Gasteiger partial charge in [-0.2, -0.15) is 5.26 Å². The van der Waals surface area contributed by atoms with Crippen LogP contribution in [0.2, 0.25) is 0 Å². The summed E-state index contributed by atoms with van der Waals surface area (Å²) >= 11 is 3.35. The molecule has 4 heteroatoms. The van der Waals surface area contributed by atoms with Crippen LogP contribution in [0.25, 0.3) is 0 Å². The summed E-state index contributed by atoms with van der Waals surface area (Å²) in [4.78, 5) is 0. The molecular formula is C14H16BrNO2. The summed E-state index contributed by atoms with van der Waals surface area (Å²) in [6.45, 7) is 6.65. The van der Waals surface area contributed by atoms with E-state index in [1.165, 1.54) is 0 Å². The van der Waals surface area contributed by atoms with Crippen molar-refractivity contribution in [1.82, 2.24) is 0 Å². The molecule has 1 aromatic carbocycles. The zero-order valence-electron chi connectivity index (χ0n) is 10.4. The predicted molar refractivity (Wildman–Crippen MR) is 74.6 cm³/mol. The Morgan fingerprint density at radius 2 is 2.28 bits per heavy atom. The van der Waals surface area contributed by atoms with Gasteiger partial charge in [0.1, 0.15) is 11.9 Å². The second kappa shape index (κ2) is 7.91. The molecule has 0 saturated heterocycles. The van der Waals surface area contributed by atoms with Gasteiger partial charge in [0.05, 0.1) is 24.8 Å². The molecular weight excluding hydrogens is 294 g/mol. The third kappa shape index (κ3) is 4.91. The molecule has 0 N–H and O–H groups in total. The molecule has 1 rings (SSSR count). The van der Waals surface area contributed by atoms with Crippen molar-refractivity contribution in [1.29, 1.82) is 5.26 Å². The van der Waals surface area contributed by atoms with E-state index in [0.717, 1.165) is 10.9 Å². The van der Waals surface area contributed by atoms with Gasteiger partial charge in [0.2, 0.25) is 0 Å². The largest absolute Gasteiger partial charge is 0.488 e. The van der Waals surface area contributed by atoms with Gasteiger partial charge in [-0.25, -0.2) is 0 Å². The smallest absolute Gasteiger partial charge is 0.122 e. The minimum absolute atomic E-state index is 0.0224. The van der Waals surface area contributed by atoms with Gasteiger partial charge in [-0.15, -0.1) is 6.58 Å². The van der Waals surface area contributed by atoms with Gasteiger partial charge < -0.3 is 9.47 Å². The molecule has 0 bridgehead atoms. The fourth-order valence-corrected chi connectivity index (χ4v) is 1.88. The quantitative estimate of drug-likeness (QED) is 0.570. The number of ether oxygens (including phenoxy) is 2. The van der Waals surface area contributed by atoms with Crippen LogP contribution >= 0.6 is 15.9 Å². The standard InChI is InChI=1S/C14H16BrNO2/c1-3-5-17-10-13(4-2)18-14-7-11(9-16)6-12(15)8-14/h3,6-8,13H,1,4-5,10H2,2H3. The van der Waals surface area contributed by atoms with Crippen molar-refractivity contribution in [3.05, 3.63) is 40.9 Å². The van der Waals surface area contributed by atoms with Gasteiger partial charge in [-0.3, -0.25) is 0 Å². The number of hydrogen-bond donors (Lipinski definition) is 0. The van der Waals surface area contributed by atoms with Crippen molar-refractivity contribution < 1.29 is 9.47 Å². The van der Waals surface area contributed by atoms with E-state index in [4.69, 9.17) is 14.7 Å². The fraction of sp³-hybridized carbons (Fsp3) is 0.357. The second-order valence-corrected chi connectivity index (χ2v) is 4.68. The molecule has 0 spiro atoms. The summed E-state index contributed by atoms with van der Waals surface area (Å²) in [5.41, 5.74) is 0.571. The van der Waals surface area contributed by atoms with E-state index in [0.29, 0.717) is 24.5 Å². The molecule has 18 heavy (non-hydrogen) atoms. The Morgan fingerprint density at radius 3 is 2.89 bits per heavy atom. The molecule has 0 saturated carbocycles. The molecule has 0 fully saturated rings. The highest BCUT2D eigenvalue weighted by atomic mass is 79.9. The molecule has 1 atom stereocenters. The van der Waals surface area contributed by atoms with Crippen LogP contribution < -0.4 is 4.74 Å². The van der Waals surface area contributed by atoms with Gasteiger partial charge in [0, 0.05) is 4.47 Å². The Bertz CT molecular complexity index is 440. The first-order valence-corrected chi connectivity index (χ1v) is 6.54. The van der Waals surface area contributed by atoms with Crippen LogP contribution in [0, 0.1) is 11.3 Å². The average Bonchev–Trinajstić information content (AvgIpc) is 2.37. The third-order valence-corrected chi connectivity index (χ3v) is 2.76. The first-order valence-electron chi connectivity index (χ1n) is 5.75. The number of nitrogens with zero attached hydrogens (tertiary/aromatic N) is 1. The van der Waals surface area contributed by atoms with Crippen LogP contribution in [-0.4, -0.2) is 19.3 Å². The van der Waals surface area contributed by atoms with Crippen LogP contribution in [0.4, 0.5) is 0 Å². The number of hydrogen-bond acceptors (Lipinski definition) is 3. The van der Waals surface area contributed by atoms with E-state index in [9.17, 15) is 0 Å². The van der Waals surface area contributed by atoms with Gasteiger partial charge in [-0.1, -0.05) is 28.9 Å². The van der Waals surface area contributed by atoms with Crippen molar-refractivity contribution in [3.8, 4) is 11.8 Å². The highest BCUT2D eigenvalue weighted by Gasteiger charge is 2.09. The number of nitriles is 1. The summed E-state index contributed by atoms with van der Waals surface area (Å²) < 4.78 is 12.0. The van der Waals surface area contributed by atoms with Gasteiger partial charge in [-0.05, 0) is 24.6 Å². The first-order chi connectivity index (χ1) is 8.69. The molecule has 0 aliphatic rings. The van der Waals surface area contributed by atoms with Crippen LogP contribution in [0.5, 0.6) is 5.75 Å². The van der Waals surface area contributed by atoms with Crippen molar-refractivity contribution in [3.63, 3.8) is 0 Å². The van der Waals surface area contributed by atoms with Gasteiger partial charge >= 0.3 is 0 Å². The molecule has 0 amide bonds. The molecule has 96 valence electrons. The Labute approximate surface area is 116 Å². The summed E-state index contributed by atoms with van der Waals surface area (Å²) in [7, 11) is 0. The Hall–Kier alpha value is -1.31. The van der Waals surface area contributed by atoms with Gasteiger partial charge in [0.15, 0.2) is 0 Å². The van der Waals surface area contributed by atoms with E-state index in [2.05, 4.69) is 28.6 Å². The normalized spacial score (nSPS) is 11.6. The average molecular weight is 310 g/mol. The van der Waals surface area contributed by atoms with Crippen molar-refractivity contribution in [2.24, 2.45) is 0 Å². The van der Waals surface area contributed by atoms with E-state index in [-0.39, 0.29) is 6.10 Å². The number of rotatable bonds is 7. The summed E-state index contributed by atoms with van der Waals surface area (Å²) in [5.74, 6) is 0.676. The maximum atomic E-state index is 8.89. The molecule has 0 heterocycles. The number of halogens is 1. The lowest BCUT2D eigenvalue weighted by Crippen LogP contribution is -2.22. The predicted octanol–water partition coefficient (Wildman–Crippen LogP) is 3.68. The SMILES string of the molecule is C=CCOCC(CC)Oc1cc(Br)cc(C#N)c1. The zero-order chi connectivity index (χ0) is 13.4. The molecule has 1 aromatic rings. The van der Waals surface area contributed by atoms with Crippen molar-refractivity contribution in [2.75, 3.05) is 13.2 Å². The molecule has 0 radical (unpaired) electrons. The lowest BCUT2D eigenvalue weighted by atomic mass is 10.2. The van der Waals surface area contributed by atoms with E-state index >= 15 is 0 Å². The van der Waals surface area contributed by atoms with Crippen molar-refractivity contribution in [2.45, 2.75) is 19.4 Å². The monoisotopic (exact) mass is 309 g/mol. The van der Waals surface area contributed by atoms with E-state index < -0.39 is 0 Å². The van der Waals surface area contributed by atoms with Crippen LogP contribution in [0.1, 0.15) is 18.9 Å². The summed E-state index contributed by atoms with van der Waals surface area (Å²) in [6, 6.07) is 7.42. The highest BCUT2D eigenvalue weighted by Crippen LogP contribution is 2.22. The Balaban J connectivity index is 2.66. The molecule has 1 unspecified atom stereocenters. The maximum absolute atomic E-state index is 8.89. The zero-order valence-corrected chi connectivity index (χ0v) is 11.9. The minimum Gasteiger partial charge on any atom is -0.488 e. The Morgan fingerprint density at radius 1 is 1.50 bits per heavy atom. The fourth-order valence-electron chi connectivity index (χ4n) is 1.41. The molecule has 0 aliphatic heterocycles. The minimum atomic E-state index is -0.0224. The summed E-state index contributed by atoms with van der Waals surface area (Å²) in [6.07, 6.45) is 2.52. The van der Waals surface area contributed by atoms with E-state index in [1.807, 2.05) is 13.0 Å².